The molecular weight excluding hydrogens is 326 g/mol. The first-order valence-corrected chi connectivity index (χ1v) is 8.65. The van der Waals surface area contributed by atoms with Crippen LogP contribution in [-0.4, -0.2) is 40.7 Å². The fourth-order valence-electron chi connectivity index (χ4n) is 2.89. The molecule has 4 nitrogen and oxygen atoms in total. The average molecular weight is 358 g/mol. The van der Waals surface area contributed by atoms with Crippen molar-refractivity contribution in [1.29, 1.82) is 0 Å². The van der Waals surface area contributed by atoms with Gasteiger partial charge in [-0.25, -0.2) is 0 Å². The molecule has 0 aliphatic carbocycles. The summed E-state index contributed by atoms with van der Waals surface area (Å²) in [4.78, 5) is 11.9. The highest BCUT2D eigenvalue weighted by molar-refractivity contribution is 5.85. The predicted molar refractivity (Wildman–Crippen MR) is 101 cm³/mol. The third-order valence-corrected chi connectivity index (χ3v) is 4.46. The molecule has 0 unspecified atom stereocenters. The van der Waals surface area contributed by atoms with Crippen LogP contribution < -0.4 is 0 Å². The number of carboxylic acid groups (broad SMARTS) is 1. The van der Waals surface area contributed by atoms with Crippen molar-refractivity contribution in [3.8, 4) is 0 Å². The molecule has 1 aromatic rings. The molecule has 0 spiro atoms. The number of rotatable bonds is 5. The van der Waals surface area contributed by atoms with Gasteiger partial charge in [0.05, 0.1) is 5.60 Å². The molecule has 5 heteroatoms. The Morgan fingerprint density at radius 2 is 1.75 bits per heavy atom. The minimum absolute atomic E-state index is 0. The zero-order chi connectivity index (χ0) is 17.3. The lowest BCUT2D eigenvalue weighted by atomic mass is 9.82. The zero-order valence-corrected chi connectivity index (χ0v) is 15.9. The van der Waals surface area contributed by atoms with Crippen molar-refractivity contribution in [3.05, 3.63) is 35.4 Å². The van der Waals surface area contributed by atoms with E-state index in [0.29, 0.717) is 0 Å². The van der Waals surface area contributed by atoms with Crippen LogP contribution in [0.3, 0.4) is 0 Å². The van der Waals surface area contributed by atoms with Gasteiger partial charge in [-0.3, -0.25) is 4.79 Å². The summed E-state index contributed by atoms with van der Waals surface area (Å²) >= 11 is 0. The van der Waals surface area contributed by atoms with E-state index in [1.807, 2.05) is 12.1 Å². The SMILES string of the molecule is CCC(=O)O.CCCCN1CCC(O)(c2ccccc2C)CC1.Cl. The van der Waals surface area contributed by atoms with Gasteiger partial charge in [0.15, 0.2) is 0 Å². The van der Waals surface area contributed by atoms with Gasteiger partial charge >= 0.3 is 5.97 Å². The van der Waals surface area contributed by atoms with Gasteiger partial charge in [0, 0.05) is 19.5 Å². The van der Waals surface area contributed by atoms with Gasteiger partial charge in [0.25, 0.3) is 0 Å². The summed E-state index contributed by atoms with van der Waals surface area (Å²) in [6, 6.07) is 8.25. The number of aliphatic hydroxyl groups is 1. The molecule has 1 aliphatic rings. The molecule has 24 heavy (non-hydrogen) atoms. The van der Waals surface area contributed by atoms with Gasteiger partial charge in [-0.2, -0.15) is 0 Å². The van der Waals surface area contributed by atoms with Crippen LogP contribution >= 0.6 is 12.4 Å². The summed E-state index contributed by atoms with van der Waals surface area (Å²) in [7, 11) is 0. The Morgan fingerprint density at radius 1 is 1.21 bits per heavy atom. The number of carbonyl (C=O) groups is 1. The highest BCUT2D eigenvalue weighted by Crippen LogP contribution is 2.34. The van der Waals surface area contributed by atoms with Gasteiger partial charge in [-0.15, -0.1) is 12.4 Å². The smallest absolute Gasteiger partial charge is 0.303 e. The molecule has 2 rings (SSSR count). The van der Waals surface area contributed by atoms with Gasteiger partial charge < -0.3 is 15.1 Å². The van der Waals surface area contributed by atoms with E-state index in [-0.39, 0.29) is 18.8 Å². The number of carboxylic acids is 1. The molecule has 1 aromatic carbocycles. The maximum absolute atomic E-state index is 10.8. The van der Waals surface area contributed by atoms with E-state index in [2.05, 4.69) is 30.9 Å². The number of hydrogen-bond acceptors (Lipinski definition) is 3. The molecule has 0 amide bonds. The number of aliphatic carboxylic acids is 1. The Balaban J connectivity index is 0.000000777. The zero-order valence-electron chi connectivity index (χ0n) is 15.1. The topological polar surface area (TPSA) is 60.8 Å². The highest BCUT2D eigenvalue weighted by atomic mass is 35.5. The predicted octanol–water partition coefficient (Wildman–Crippen LogP) is 3.98. The molecule has 0 radical (unpaired) electrons. The number of halogens is 1. The van der Waals surface area contributed by atoms with Crippen LogP contribution in [0.25, 0.3) is 0 Å². The third kappa shape index (κ3) is 7.20. The van der Waals surface area contributed by atoms with Crippen molar-refractivity contribution in [1.82, 2.24) is 4.90 Å². The largest absolute Gasteiger partial charge is 0.481 e. The summed E-state index contributed by atoms with van der Waals surface area (Å²) in [6.45, 7) is 9.14. The lowest BCUT2D eigenvalue weighted by Gasteiger charge is -2.39. The van der Waals surface area contributed by atoms with Crippen molar-refractivity contribution < 1.29 is 15.0 Å². The summed E-state index contributed by atoms with van der Waals surface area (Å²) < 4.78 is 0. The maximum Gasteiger partial charge on any atom is 0.303 e. The fourth-order valence-corrected chi connectivity index (χ4v) is 2.89. The van der Waals surface area contributed by atoms with Crippen molar-refractivity contribution in [2.45, 2.75) is 58.5 Å². The summed E-state index contributed by atoms with van der Waals surface area (Å²) in [5, 5.41) is 18.6. The van der Waals surface area contributed by atoms with Gasteiger partial charge in [-0.05, 0) is 43.9 Å². The Bertz CT molecular complexity index is 485. The fraction of sp³-hybridized carbons (Fsp3) is 0.632. The minimum atomic E-state index is -0.745. The lowest BCUT2D eigenvalue weighted by molar-refractivity contribution is -0.136. The second kappa shape index (κ2) is 11.5. The lowest BCUT2D eigenvalue weighted by Crippen LogP contribution is -2.43. The molecule has 0 saturated carbocycles. The van der Waals surface area contributed by atoms with Crippen LogP contribution in [0.5, 0.6) is 0 Å². The standard InChI is InChI=1S/C16H25NO.C3H6O2.ClH/c1-3-4-11-17-12-9-16(18,10-13-17)15-8-6-5-7-14(15)2;1-2-3(4)5;/h5-8,18H,3-4,9-13H2,1-2H3;2H2,1H3,(H,4,5);1H. The number of nitrogens with zero attached hydrogens (tertiary/aromatic N) is 1. The summed E-state index contributed by atoms with van der Waals surface area (Å²) in [6.07, 6.45) is 4.46. The Kier molecular flexibility index (Phi) is 10.9. The van der Waals surface area contributed by atoms with Crippen LogP contribution in [0, 0.1) is 6.92 Å². The molecule has 0 atom stereocenters. The van der Waals surface area contributed by atoms with E-state index < -0.39 is 11.6 Å². The maximum atomic E-state index is 10.8. The Morgan fingerprint density at radius 3 is 2.21 bits per heavy atom. The summed E-state index contributed by atoms with van der Waals surface area (Å²) in [5.74, 6) is -0.745. The van der Waals surface area contributed by atoms with Crippen molar-refractivity contribution in [3.63, 3.8) is 0 Å². The molecule has 0 bridgehead atoms. The first-order valence-electron chi connectivity index (χ1n) is 8.65. The molecule has 1 aliphatic heterocycles. The highest BCUT2D eigenvalue weighted by Gasteiger charge is 2.34. The van der Waals surface area contributed by atoms with Crippen LogP contribution in [0.1, 0.15) is 57.1 Å². The second-order valence-corrected chi connectivity index (χ2v) is 6.29. The Labute approximate surface area is 152 Å². The number of hydrogen-bond donors (Lipinski definition) is 2. The molecule has 1 fully saturated rings. The second-order valence-electron chi connectivity index (χ2n) is 6.29. The summed E-state index contributed by atoms with van der Waals surface area (Å²) in [5.41, 5.74) is 1.73. The van der Waals surface area contributed by atoms with E-state index in [0.717, 1.165) is 31.5 Å². The number of benzene rings is 1. The first-order chi connectivity index (χ1) is 10.9. The number of piperidine rings is 1. The van der Waals surface area contributed by atoms with Crippen LogP contribution in [0.2, 0.25) is 0 Å². The molecule has 138 valence electrons. The van der Waals surface area contributed by atoms with Gasteiger partial charge in [0.1, 0.15) is 0 Å². The first kappa shape index (κ1) is 22.9. The minimum Gasteiger partial charge on any atom is -0.481 e. The molecule has 1 heterocycles. The van der Waals surface area contributed by atoms with Crippen LogP contribution in [0.4, 0.5) is 0 Å². The molecular formula is C19H32ClNO3. The van der Waals surface area contributed by atoms with E-state index in [1.165, 1.54) is 24.9 Å². The number of likely N-dealkylation sites (tertiary alicyclic amines) is 1. The molecule has 0 aromatic heterocycles. The van der Waals surface area contributed by atoms with Crippen LogP contribution in [0.15, 0.2) is 24.3 Å². The van der Waals surface area contributed by atoms with Gasteiger partial charge in [-0.1, -0.05) is 44.5 Å². The van der Waals surface area contributed by atoms with E-state index >= 15 is 0 Å². The van der Waals surface area contributed by atoms with E-state index in [9.17, 15) is 9.90 Å². The van der Waals surface area contributed by atoms with Crippen molar-refractivity contribution >= 4 is 18.4 Å². The van der Waals surface area contributed by atoms with E-state index in [1.54, 1.807) is 6.92 Å². The monoisotopic (exact) mass is 357 g/mol. The van der Waals surface area contributed by atoms with Gasteiger partial charge in [0.2, 0.25) is 0 Å². The van der Waals surface area contributed by atoms with Crippen LogP contribution in [-0.2, 0) is 10.4 Å². The van der Waals surface area contributed by atoms with E-state index in [4.69, 9.17) is 5.11 Å². The number of unbranched alkanes of at least 4 members (excludes halogenated alkanes) is 1. The quantitative estimate of drug-likeness (QED) is 0.836. The molecule has 2 N–H and O–H groups in total. The third-order valence-electron chi connectivity index (χ3n) is 4.46. The van der Waals surface area contributed by atoms with Crippen molar-refractivity contribution in [2.24, 2.45) is 0 Å². The average Bonchev–Trinajstić information content (AvgIpc) is 2.55. The molecule has 1 saturated heterocycles. The number of aryl methyl sites for hydroxylation is 1. The Hall–Kier alpha value is -1.10. The van der Waals surface area contributed by atoms with Crippen molar-refractivity contribution in [2.75, 3.05) is 19.6 Å². The normalized spacial score (nSPS) is 16.5.